The zero-order valence-corrected chi connectivity index (χ0v) is 28.8. The number of urea groups is 1. The molecule has 6 rings (SSSR count). The molecule has 3 N–H and O–H groups in total. The van der Waals surface area contributed by atoms with Gasteiger partial charge in [0, 0.05) is 61.6 Å². The number of rotatable bonds is 11. The summed E-state index contributed by atoms with van der Waals surface area (Å²) in [5.41, 5.74) is 3.56. The van der Waals surface area contributed by atoms with Gasteiger partial charge in [0.1, 0.15) is 56.6 Å². The summed E-state index contributed by atoms with van der Waals surface area (Å²) in [7, 11) is -3.06. The highest BCUT2D eigenvalue weighted by Crippen LogP contribution is 2.34. The van der Waals surface area contributed by atoms with Gasteiger partial charge >= 0.3 is 6.03 Å². The van der Waals surface area contributed by atoms with E-state index in [-0.39, 0.29) is 11.9 Å². The molecule has 2 aromatic heterocycles. The fourth-order valence-electron chi connectivity index (χ4n) is 5.83. The van der Waals surface area contributed by atoms with Crippen molar-refractivity contribution in [1.29, 1.82) is 5.26 Å². The Balaban J connectivity index is 1.11. The number of anilines is 3. The third-order valence-electron chi connectivity index (χ3n) is 8.55. The van der Waals surface area contributed by atoms with E-state index in [0.29, 0.717) is 73.1 Å². The van der Waals surface area contributed by atoms with Crippen molar-refractivity contribution in [1.82, 2.24) is 15.2 Å². The van der Waals surface area contributed by atoms with Gasteiger partial charge in [-0.15, -0.1) is 0 Å². The van der Waals surface area contributed by atoms with Gasteiger partial charge in [-0.1, -0.05) is 6.07 Å². The number of amides is 2. The SMILES string of the molecule is Cc1cc(Nc2c(C#N)cnc3ccc(-c4ccc(CNCCS(C)(=O)=O)o4)cc23)ccc1OC1CCN(C(=O)Nc2c(F)cccc2F)CC1. The molecule has 1 aliphatic rings. The first-order chi connectivity index (χ1) is 24.5. The Morgan fingerprint density at radius 1 is 1.06 bits per heavy atom. The van der Waals surface area contributed by atoms with Crippen LogP contribution in [0.1, 0.15) is 29.7 Å². The molecule has 5 aromatic rings. The van der Waals surface area contributed by atoms with Gasteiger partial charge < -0.3 is 30.0 Å². The summed E-state index contributed by atoms with van der Waals surface area (Å²) in [6.45, 7) is 3.34. The highest BCUT2D eigenvalue weighted by Gasteiger charge is 2.26. The second kappa shape index (κ2) is 15.2. The van der Waals surface area contributed by atoms with Crippen molar-refractivity contribution in [2.75, 3.05) is 42.3 Å². The number of para-hydroxylation sites is 1. The number of furan rings is 1. The number of aryl methyl sites for hydroxylation is 1. The highest BCUT2D eigenvalue weighted by molar-refractivity contribution is 7.90. The fourth-order valence-corrected chi connectivity index (χ4v) is 6.34. The van der Waals surface area contributed by atoms with Gasteiger partial charge in [0.05, 0.1) is 29.1 Å². The Bertz CT molecular complexity index is 2210. The number of halogens is 2. The minimum atomic E-state index is -3.06. The number of hydrogen-bond acceptors (Lipinski definition) is 9. The maximum Gasteiger partial charge on any atom is 0.322 e. The van der Waals surface area contributed by atoms with Crippen molar-refractivity contribution >= 4 is 43.8 Å². The largest absolute Gasteiger partial charge is 0.490 e. The molecule has 264 valence electrons. The molecule has 51 heavy (non-hydrogen) atoms. The number of benzene rings is 3. The summed E-state index contributed by atoms with van der Waals surface area (Å²) in [6, 6.07) is 20.1. The average Bonchev–Trinajstić information content (AvgIpc) is 3.58. The van der Waals surface area contributed by atoms with E-state index in [1.165, 1.54) is 23.4 Å². The van der Waals surface area contributed by atoms with E-state index in [0.717, 1.165) is 34.3 Å². The molecule has 0 atom stereocenters. The number of aromatic nitrogens is 1. The first-order valence-corrected chi connectivity index (χ1v) is 18.4. The lowest BCUT2D eigenvalue weighted by atomic mass is 10.0. The first kappa shape index (κ1) is 35.3. The molecule has 0 saturated carbocycles. The molecule has 0 spiro atoms. The number of nitriles is 1. The molecule has 1 saturated heterocycles. The van der Waals surface area contributed by atoms with E-state index in [1.807, 2.05) is 55.5 Å². The average molecular weight is 715 g/mol. The molecule has 11 nitrogen and oxygen atoms in total. The lowest BCUT2D eigenvalue weighted by molar-refractivity contribution is 0.115. The third-order valence-corrected chi connectivity index (χ3v) is 9.49. The summed E-state index contributed by atoms with van der Waals surface area (Å²) in [5, 5.41) is 19.5. The minimum Gasteiger partial charge on any atom is -0.490 e. The van der Waals surface area contributed by atoms with Crippen LogP contribution in [0.15, 0.2) is 77.3 Å². The summed E-state index contributed by atoms with van der Waals surface area (Å²) < 4.78 is 63.1. The van der Waals surface area contributed by atoms with Crippen molar-refractivity contribution in [2.24, 2.45) is 0 Å². The number of pyridine rings is 1. The van der Waals surface area contributed by atoms with E-state index < -0.39 is 33.2 Å². The van der Waals surface area contributed by atoms with Crippen LogP contribution in [0.4, 0.5) is 30.6 Å². The standard InChI is InChI=1S/C37H36F2N6O5S/c1-23-18-26(7-10-33(23)49-27-12-15-45(16-13-27)37(46)44-36-30(38)4-3-5-31(36)39)43-35-25(20-40)21-42-32-9-6-24(19-29(32)35)34-11-8-28(50-34)22-41-14-17-51(2,47)48/h3-11,18-19,21,27,41H,12-17,22H2,1-2H3,(H,42,43)(H,44,46). The van der Waals surface area contributed by atoms with Crippen molar-refractivity contribution in [3.8, 4) is 23.1 Å². The van der Waals surface area contributed by atoms with E-state index in [4.69, 9.17) is 9.15 Å². The fraction of sp³-hybridized carbons (Fsp3) is 0.270. The van der Waals surface area contributed by atoms with Crippen LogP contribution in [0.2, 0.25) is 0 Å². The zero-order chi connectivity index (χ0) is 36.1. The second-order valence-corrected chi connectivity index (χ2v) is 14.7. The normalized spacial score (nSPS) is 13.6. The Morgan fingerprint density at radius 3 is 2.53 bits per heavy atom. The molecule has 0 bridgehead atoms. The van der Waals surface area contributed by atoms with Crippen LogP contribution < -0.4 is 20.7 Å². The minimum absolute atomic E-state index is 0.0385. The van der Waals surface area contributed by atoms with Crippen LogP contribution in [0, 0.1) is 29.9 Å². The van der Waals surface area contributed by atoms with Crippen LogP contribution in [0.25, 0.3) is 22.2 Å². The molecule has 0 radical (unpaired) electrons. The van der Waals surface area contributed by atoms with Crippen molar-refractivity contribution in [3.63, 3.8) is 0 Å². The van der Waals surface area contributed by atoms with Crippen LogP contribution in [-0.2, 0) is 16.4 Å². The van der Waals surface area contributed by atoms with Gasteiger partial charge in [0.25, 0.3) is 0 Å². The number of nitrogens with zero attached hydrogens (tertiary/aromatic N) is 3. The molecule has 3 heterocycles. The van der Waals surface area contributed by atoms with E-state index in [9.17, 15) is 27.3 Å². The molecule has 2 amide bonds. The van der Waals surface area contributed by atoms with Crippen molar-refractivity contribution in [3.05, 3.63) is 101 Å². The Hall–Kier alpha value is -5.52. The summed E-state index contributed by atoms with van der Waals surface area (Å²) in [5.74, 6) is 0.327. The predicted molar refractivity (Wildman–Crippen MR) is 191 cm³/mol. The van der Waals surface area contributed by atoms with Gasteiger partial charge in [-0.3, -0.25) is 4.98 Å². The molecule has 0 aliphatic carbocycles. The monoisotopic (exact) mass is 714 g/mol. The van der Waals surface area contributed by atoms with Crippen LogP contribution in [-0.4, -0.2) is 62.1 Å². The number of carbonyl (C=O) groups excluding carboxylic acids is 1. The van der Waals surface area contributed by atoms with Gasteiger partial charge in [-0.2, -0.15) is 5.26 Å². The third kappa shape index (κ3) is 8.62. The molecular weight excluding hydrogens is 679 g/mol. The lowest BCUT2D eigenvalue weighted by Gasteiger charge is -2.32. The van der Waals surface area contributed by atoms with Gasteiger partial charge in [0.15, 0.2) is 0 Å². The second-order valence-electron chi connectivity index (χ2n) is 12.4. The maximum atomic E-state index is 14.0. The molecule has 3 aromatic carbocycles. The summed E-state index contributed by atoms with van der Waals surface area (Å²) >= 11 is 0. The van der Waals surface area contributed by atoms with Gasteiger partial charge in [0.2, 0.25) is 0 Å². The van der Waals surface area contributed by atoms with Crippen LogP contribution in [0.3, 0.4) is 0 Å². The maximum absolute atomic E-state index is 14.0. The summed E-state index contributed by atoms with van der Waals surface area (Å²) in [4.78, 5) is 18.6. The number of hydrogen-bond donors (Lipinski definition) is 3. The van der Waals surface area contributed by atoms with Crippen LogP contribution >= 0.6 is 0 Å². The van der Waals surface area contributed by atoms with Crippen LogP contribution in [0.5, 0.6) is 5.75 Å². The first-order valence-electron chi connectivity index (χ1n) is 16.3. The topological polar surface area (TPSA) is 150 Å². The number of carbonyl (C=O) groups is 1. The zero-order valence-electron chi connectivity index (χ0n) is 28.0. The number of piperidine rings is 1. The molecule has 14 heteroatoms. The van der Waals surface area contributed by atoms with Gasteiger partial charge in [-0.05, 0) is 73.2 Å². The Labute approximate surface area is 294 Å². The predicted octanol–water partition coefficient (Wildman–Crippen LogP) is 6.91. The van der Waals surface area contributed by atoms with Gasteiger partial charge in [-0.25, -0.2) is 22.0 Å². The molecule has 1 aliphatic heterocycles. The van der Waals surface area contributed by atoms with E-state index in [2.05, 4.69) is 27.0 Å². The number of fused-ring (bicyclic) bond motifs is 1. The van der Waals surface area contributed by atoms with Crippen molar-refractivity contribution in [2.45, 2.75) is 32.4 Å². The Kier molecular flexibility index (Phi) is 10.5. The van der Waals surface area contributed by atoms with Crippen molar-refractivity contribution < 1.29 is 31.1 Å². The number of sulfone groups is 1. The lowest BCUT2D eigenvalue weighted by Crippen LogP contribution is -2.44. The number of ether oxygens (including phenoxy) is 1. The quantitative estimate of drug-likeness (QED) is 0.124. The molecular formula is C37H36F2N6O5S. The summed E-state index contributed by atoms with van der Waals surface area (Å²) in [6.07, 6.45) is 3.65. The molecule has 1 fully saturated rings. The smallest absolute Gasteiger partial charge is 0.322 e. The number of likely N-dealkylation sites (tertiary alicyclic amines) is 1. The van der Waals surface area contributed by atoms with E-state index >= 15 is 0 Å². The molecule has 0 unspecified atom stereocenters. The highest BCUT2D eigenvalue weighted by atomic mass is 32.2. The van der Waals surface area contributed by atoms with E-state index in [1.54, 1.807) is 0 Å². The Morgan fingerprint density at radius 2 is 1.82 bits per heavy atom. The number of nitrogens with one attached hydrogen (secondary N) is 3.